The number of ether oxygens (including phenoxy) is 3. The summed E-state index contributed by atoms with van der Waals surface area (Å²) in [6, 6.07) is 0. The average molecular weight is 311 g/mol. The minimum Gasteiger partial charge on any atom is -0.463 e. The third-order valence-electron chi connectivity index (χ3n) is 3.41. The molecule has 2 amide bonds. The van der Waals surface area contributed by atoms with E-state index in [0.29, 0.717) is 26.0 Å². The standard InChI is InChI=1S/C15H21NO6/c1-15(2)21-10-11(22-15)9-20-14(19)5-3-4-8-16-12(17)6-7-13(16)18/h6-7,11H,3-5,8-10H2,1-2H3/t11-/m0/s1. The van der Waals surface area contributed by atoms with Crippen molar-refractivity contribution in [2.45, 2.75) is 45.0 Å². The molecule has 2 aliphatic heterocycles. The Balaban J connectivity index is 1.55. The molecule has 122 valence electrons. The third-order valence-corrected chi connectivity index (χ3v) is 3.41. The summed E-state index contributed by atoms with van der Waals surface area (Å²) >= 11 is 0. The van der Waals surface area contributed by atoms with Crippen molar-refractivity contribution in [3.8, 4) is 0 Å². The predicted molar refractivity (Wildman–Crippen MR) is 75.6 cm³/mol. The van der Waals surface area contributed by atoms with Gasteiger partial charge < -0.3 is 14.2 Å². The number of rotatable bonds is 7. The molecule has 0 aromatic heterocycles. The number of esters is 1. The van der Waals surface area contributed by atoms with Crippen molar-refractivity contribution in [2.75, 3.05) is 19.8 Å². The molecule has 22 heavy (non-hydrogen) atoms. The molecule has 0 saturated carbocycles. The fraction of sp³-hybridized carbons (Fsp3) is 0.667. The van der Waals surface area contributed by atoms with Crippen molar-refractivity contribution in [1.82, 2.24) is 4.90 Å². The van der Waals surface area contributed by atoms with Crippen LogP contribution in [0.5, 0.6) is 0 Å². The maximum atomic E-state index is 11.6. The second-order valence-electron chi connectivity index (χ2n) is 5.75. The molecule has 1 saturated heterocycles. The maximum Gasteiger partial charge on any atom is 0.305 e. The molecule has 7 nitrogen and oxygen atoms in total. The van der Waals surface area contributed by atoms with Gasteiger partial charge in [0.15, 0.2) is 5.79 Å². The summed E-state index contributed by atoms with van der Waals surface area (Å²) in [5.74, 6) is -1.53. The van der Waals surface area contributed by atoms with E-state index >= 15 is 0 Å². The van der Waals surface area contributed by atoms with Gasteiger partial charge in [0.25, 0.3) is 11.8 Å². The second-order valence-corrected chi connectivity index (χ2v) is 5.75. The van der Waals surface area contributed by atoms with Crippen LogP contribution in [0.4, 0.5) is 0 Å². The number of hydrogen-bond donors (Lipinski definition) is 0. The Hall–Kier alpha value is -1.73. The van der Waals surface area contributed by atoms with Gasteiger partial charge in [-0.3, -0.25) is 19.3 Å². The SMILES string of the molecule is CC1(C)OC[C@H](COC(=O)CCCCN2C(=O)C=CC2=O)O1. The van der Waals surface area contributed by atoms with E-state index in [0.717, 1.165) is 4.90 Å². The lowest BCUT2D eigenvalue weighted by Crippen LogP contribution is -2.31. The van der Waals surface area contributed by atoms with Crippen LogP contribution in [-0.4, -0.2) is 54.3 Å². The molecule has 2 heterocycles. The molecule has 0 N–H and O–H groups in total. The van der Waals surface area contributed by atoms with E-state index in [1.807, 2.05) is 13.8 Å². The Morgan fingerprint density at radius 2 is 2.00 bits per heavy atom. The number of amides is 2. The lowest BCUT2D eigenvalue weighted by Gasteiger charge is -2.17. The molecule has 1 atom stereocenters. The van der Waals surface area contributed by atoms with Gasteiger partial charge in [-0.25, -0.2) is 0 Å². The Morgan fingerprint density at radius 3 is 2.59 bits per heavy atom. The van der Waals surface area contributed by atoms with E-state index in [9.17, 15) is 14.4 Å². The zero-order valence-electron chi connectivity index (χ0n) is 12.9. The Kier molecular flexibility index (Phi) is 5.31. The van der Waals surface area contributed by atoms with E-state index in [4.69, 9.17) is 14.2 Å². The minimum absolute atomic E-state index is 0.176. The average Bonchev–Trinajstić information content (AvgIpc) is 2.96. The van der Waals surface area contributed by atoms with Crippen LogP contribution < -0.4 is 0 Å². The molecular formula is C15H21NO6. The summed E-state index contributed by atoms with van der Waals surface area (Å²) < 4.78 is 16.0. The highest BCUT2D eigenvalue weighted by molar-refractivity contribution is 6.12. The Bertz CT molecular complexity index is 466. The smallest absolute Gasteiger partial charge is 0.305 e. The summed E-state index contributed by atoms with van der Waals surface area (Å²) in [7, 11) is 0. The fourth-order valence-corrected chi connectivity index (χ4v) is 2.29. The van der Waals surface area contributed by atoms with E-state index in [1.165, 1.54) is 12.2 Å². The van der Waals surface area contributed by atoms with Gasteiger partial charge in [0, 0.05) is 25.1 Å². The lowest BCUT2D eigenvalue weighted by molar-refractivity contribution is -0.158. The third kappa shape index (κ3) is 4.64. The van der Waals surface area contributed by atoms with Gasteiger partial charge in [-0.15, -0.1) is 0 Å². The second kappa shape index (κ2) is 7.02. The molecule has 2 rings (SSSR count). The molecule has 0 unspecified atom stereocenters. The van der Waals surface area contributed by atoms with E-state index in [2.05, 4.69) is 0 Å². The molecule has 1 fully saturated rings. The number of imide groups is 1. The molecule has 0 bridgehead atoms. The normalized spacial score (nSPS) is 23.4. The van der Waals surface area contributed by atoms with Gasteiger partial charge in [0.1, 0.15) is 12.7 Å². The van der Waals surface area contributed by atoms with Crippen molar-refractivity contribution in [1.29, 1.82) is 0 Å². The van der Waals surface area contributed by atoms with Crippen LogP contribution in [0.1, 0.15) is 33.1 Å². The highest BCUT2D eigenvalue weighted by Gasteiger charge is 2.33. The zero-order chi connectivity index (χ0) is 16.2. The first-order valence-corrected chi connectivity index (χ1v) is 7.38. The molecular weight excluding hydrogens is 290 g/mol. The van der Waals surface area contributed by atoms with Crippen LogP contribution >= 0.6 is 0 Å². The zero-order valence-corrected chi connectivity index (χ0v) is 12.9. The van der Waals surface area contributed by atoms with Crippen molar-refractivity contribution in [3.05, 3.63) is 12.2 Å². The first kappa shape index (κ1) is 16.6. The topological polar surface area (TPSA) is 82.1 Å². The van der Waals surface area contributed by atoms with Crippen LogP contribution in [0, 0.1) is 0 Å². The van der Waals surface area contributed by atoms with Crippen molar-refractivity contribution < 1.29 is 28.6 Å². The van der Waals surface area contributed by atoms with Crippen molar-refractivity contribution in [2.24, 2.45) is 0 Å². The summed E-state index contributed by atoms with van der Waals surface area (Å²) in [6.07, 6.45) is 3.66. The van der Waals surface area contributed by atoms with E-state index < -0.39 is 5.79 Å². The maximum absolute atomic E-state index is 11.6. The first-order chi connectivity index (χ1) is 10.4. The van der Waals surface area contributed by atoms with Gasteiger partial charge in [-0.05, 0) is 26.7 Å². The summed E-state index contributed by atoms with van der Waals surface area (Å²) in [5.41, 5.74) is 0. The van der Waals surface area contributed by atoms with E-state index in [-0.39, 0.29) is 36.9 Å². The predicted octanol–water partition coefficient (Wildman–Crippen LogP) is 0.776. The van der Waals surface area contributed by atoms with Gasteiger partial charge >= 0.3 is 5.97 Å². The number of hydrogen-bond acceptors (Lipinski definition) is 6. The summed E-state index contributed by atoms with van der Waals surface area (Å²) in [5, 5.41) is 0. The Labute approximate surface area is 129 Å². The highest BCUT2D eigenvalue weighted by atomic mass is 16.7. The van der Waals surface area contributed by atoms with Crippen molar-refractivity contribution >= 4 is 17.8 Å². The number of carbonyl (C=O) groups is 3. The molecule has 0 radical (unpaired) electrons. The molecule has 7 heteroatoms. The van der Waals surface area contributed by atoms with Gasteiger partial charge in [0.2, 0.25) is 0 Å². The van der Waals surface area contributed by atoms with Crippen LogP contribution in [0.15, 0.2) is 12.2 Å². The largest absolute Gasteiger partial charge is 0.463 e. The number of carbonyl (C=O) groups excluding carboxylic acids is 3. The molecule has 0 aromatic rings. The molecule has 2 aliphatic rings. The Morgan fingerprint density at radius 1 is 1.32 bits per heavy atom. The summed E-state index contributed by atoms with van der Waals surface area (Å²) in [4.78, 5) is 35.4. The van der Waals surface area contributed by atoms with Crippen molar-refractivity contribution in [3.63, 3.8) is 0 Å². The van der Waals surface area contributed by atoms with Crippen LogP contribution in [0.25, 0.3) is 0 Å². The minimum atomic E-state index is -0.625. The van der Waals surface area contributed by atoms with Crippen LogP contribution in [0.3, 0.4) is 0 Å². The molecule has 0 aromatic carbocycles. The van der Waals surface area contributed by atoms with E-state index in [1.54, 1.807) is 0 Å². The molecule has 0 spiro atoms. The number of nitrogens with zero attached hydrogens (tertiary/aromatic N) is 1. The van der Waals surface area contributed by atoms with Crippen LogP contribution in [0.2, 0.25) is 0 Å². The monoisotopic (exact) mass is 311 g/mol. The van der Waals surface area contributed by atoms with Gasteiger partial charge in [0.05, 0.1) is 6.61 Å². The highest BCUT2D eigenvalue weighted by Crippen LogP contribution is 2.22. The van der Waals surface area contributed by atoms with Gasteiger partial charge in [-0.1, -0.05) is 0 Å². The lowest BCUT2D eigenvalue weighted by atomic mass is 10.2. The first-order valence-electron chi connectivity index (χ1n) is 7.38. The summed E-state index contributed by atoms with van der Waals surface area (Å²) in [6.45, 7) is 4.53. The number of unbranched alkanes of at least 4 members (excludes halogenated alkanes) is 1. The fourth-order valence-electron chi connectivity index (χ4n) is 2.29. The van der Waals surface area contributed by atoms with Gasteiger partial charge in [-0.2, -0.15) is 0 Å². The van der Waals surface area contributed by atoms with Crippen LogP contribution in [-0.2, 0) is 28.6 Å². The molecule has 0 aliphatic carbocycles. The quantitative estimate of drug-likeness (QED) is 0.392.